The Kier molecular flexibility index (Phi) is 28.8. The van der Waals surface area contributed by atoms with Crippen molar-refractivity contribution in [2.75, 3.05) is 13.1 Å². The zero-order chi connectivity index (χ0) is 21.8. The van der Waals surface area contributed by atoms with Crippen LogP contribution in [0.15, 0.2) is 0 Å². The maximum atomic E-state index is 5.53. The SMILES string of the molecule is NCCCCCCCCCCCCCCCCCCCCCCCCCCCCN. The van der Waals surface area contributed by atoms with Gasteiger partial charge in [0.25, 0.3) is 0 Å². The normalized spacial score (nSPS) is 11.4. The van der Waals surface area contributed by atoms with Crippen molar-refractivity contribution >= 4 is 0 Å². The third-order valence-electron chi connectivity index (χ3n) is 6.66. The van der Waals surface area contributed by atoms with E-state index in [2.05, 4.69) is 0 Å². The second kappa shape index (κ2) is 28.9. The van der Waals surface area contributed by atoms with E-state index in [0.717, 1.165) is 13.1 Å². The fraction of sp³-hybridized carbons (Fsp3) is 1.00. The topological polar surface area (TPSA) is 52.0 Å². The minimum atomic E-state index is 0.872. The van der Waals surface area contributed by atoms with Crippen molar-refractivity contribution in [3.63, 3.8) is 0 Å². The number of hydrogen-bond donors (Lipinski definition) is 2. The zero-order valence-corrected chi connectivity index (χ0v) is 21.0. The van der Waals surface area contributed by atoms with Crippen molar-refractivity contribution in [1.82, 2.24) is 0 Å². The summed E-state index contributed by atoms with van der Waals surface area (Å²) in [6.07, 6.45) is 37.2. The van der Waals surface area contributed by atoms with Gasteiger partial charge in [-0.25, -0.2) is 0 Å². The van der Waals surface area contributed by atoms with Crippen LogP contribution in [0.5, 0.6) is 0 Å². The van der Waals surface area contributed by atoms with Crippen LogP contribution < -0.4 is 11.5 Å². The third-order valence-corrected chi connectivity index (χ3v) is 6.66. The molecule has 2 nitrogen and oxygen atoms in total. The summed E-state index contributed by atoms with van der Waals surface area (Å²) in [7, 11) is 0. The highest BCUT2D eigenvalue weighted by Crippen LogP contribution is 2.15. The first kappa shape index (κ1) is 29.9. The van der Waals surface area contributed by atoms with Gasteiger partial charge in [-0.3, -0.25) is 0 Å². The summed E-state index contributed by atoms with van der Waals surface area (Å²) in [6.45, 7) is 1.74. The first-order valence-corrected chi connectivity index (χ1v) is 14.3. The molecule has 0 rings (SSSR count). The predicted molar refractivity (Wildman–Crippen MR) is 138 cm³/mol. The first-order chi connectivity index (χ1) is 14.9. The molecule has 0 saturated carbocycles. The minimum absolute atomic E-state index is 0.872. The molecule has 0 saturated heterocycles. The van der Waals surface area contributed by atoms with E-state index in [1.807, 2.05) is 0 Å². The van der Waals surface area contributed by atoms with Gasteiger partial charge in [-0.1, -0.05) is 154 Å². The molecule has 0 unspecified atom stereocenters. The van der Waals surface area contributed by atoms with Crippen LogP contribution in [0.2, 0.25) is 0 Å². The molecule has 0 aromatic heterocycles. The Morgan fingerprint density at radius 2 is 0.267 bits per heavy atom. The Morgan fingerprint density at radius 3 is 0.367 bits per heavy atom. The van der Waals surface area contributed by atoms with Gasteiger partial charge in [0.15, 0.2) is 0 Å². The van der Waals surface area contributed by atoms with E-state index in [1.54, 1.807) is 0 Å². The van der Waals surface area contributed by atoms with Gasteiger partial charge in [-0.2, -0.15) is 0 Å². The molecule has 0 aliphatic carbocycles. The summed E-state index contributed by atoms with van der Waals surface area (Å²) in [6, 6.07) is 0. The molecule has 0 radical (unpaired) electrons. The van der Waals surface area contributed by atoms with Gasteiger partial charge < -0.3 is 11.5 Å². The number of unbranched alkanes of at least 4 members (excludes halogenated alkanes) is 25. The van der Waals surface area contributed by atoms with Gasteiger partial charge >= 0.3 is 0 Å². The van der Waals surface area contributed by atoms with Crippen LogP contribution >= 0.6 is 0 Å². The van der Waals surface area contributed by atoms with Gasteiger partial charge in [-0.05, 0) is 25.9 Å². The molecule has 30 heavy (non-hydrogen) atoms. The minimum Gasteiger partial charge on any atom is -0.330 e. The van der Waals surface area contributed by atoms with Crippen molar-refractivity contribution in [2.24, 2.45) is 11.5 Å². The molecule has 0 aliphatic heterocycles. The quantitative estimate of drug-likeness (QED) is 0.129. The molecule has 0 spiro atoms. The fourth-order valence-electron chi connectivity index (χ4n) is 4.53. The Balaban J connectivity index is 2.97. The van der Waals surface area contributed by atoms with Gasteiger partial charge in [0, 0.05) is 0 Å². The monoisotopic (exact) mass is 424 g/mol. The smallest absolute Gasteiger partial charge is 0.00773 e. The summed E-state index contributed by atoms with van der Waals surface area (Å²) in [5, 5.41) is 0. The Hall–Kier alpha value is -0.0800. The lowest BCUT2D eigenvalue weighted by molar-refractivity contribution is 0.515. The molecule has 4 N–H and O–H groups in total. The lowest BCUT2D eigenvalue weighted by Gasteiger charge is -2.04. The van der Waals surface area contributed by atoms with Gasteiger partial charge in [0.1, 0.15) is 0 Å². The molecule has 0 bridgehead atoms. The third kappa shape index (κ3) is 27.9. The van der Waals surface area contributed by atoms with Crippen molar-refractivity contribution in [1.29, 1.82) is 0 Å². The molecule has 0 fully saturated rings. The second-order valence-corrected chi connectivity index (χ2v) is 9.77. The van der Waals surface area contributed by atoms with Crippen molar-refractivity contribution in [3.05, 3.63) is 0 Å². The molecule has 2 heteroatoms. The largest absolute Gasteiger partial charge is 0.330 e. The van der Waals surface area contributed by atoms with Crippen LogP contribution in [0.3, 0.4) is 0 Å². The highest BCUT2D eigenvalue weighted by molar-refractivity contribution is 4.52. The highest BCUT2D eigenvalue weighted by atomic mass is 14.5. The van der Waals surface area contributed by atoms with Crippen LogP contribution in [-0.2, 0) is 0 Å². The first-order valence-electron chi connectivity index (χ1n) is 14.3. The van der Waals surface area contributed by atoms with Crippen LogP contribution in [0.25, 0.3) is 0 Å². The maximum absolute atomic E-state index is 5.53. The van der Waals surface area contributed by atoms with E-state index in [4.69, 9.17) is 11.5 Å². The Bertz CT molecular complexity index is 252. The summed E-state index contributed by atoms with van der Waals surface area (Å²) in [5.74, 6) is 0. The molecule has 0 aromatic rings. The maximum Gasteiger partial charge on any atom is -0.00773 e. The lowest BCUT2D eigenvalue weighted by Crippen LogP contribution is -1.97. The van der Waals surface area contributed by atoms with Crippen LogP contribution in [0.4, 0.5) is 0 Å². The molecule has 0 amide bonds. The standard InChI is InChI=1S/C28H60N2/c29-27-25-23-21-19-17-15-13-11-9-7-5-3-1-2-4-6-8-10-12-14-16-18-20-22-24-26-28-30/h1-30H2. The van der Waals surface area contributed by atoms with Gasteiger partial charge in [-0.15, -0.1) is 0 Å². The molecule has 0 atom stereocenters. The van der Waals surface area contributed by atoms with E-state index >= 15 is 0 Å². The van der Waals surface area contributed by atoms with Crippen molar-refractivity contribution < 1.29 is 0 Å². The Labute approximate surface area is 191 Å². The number of nitrogens with two attached hydrogens (primary N) is 2. The fourth-order valence-corrected chi connectivity index (χ4v) is 4.53. The molecule has 0 aliphatic rings. The van der Waals surface area contributed by atoms with E-state index in [1.165, 1.54) is 167 Å². The Morgan fingerprint density at radius 1 is 0.167 bits per heavy atom. The molecule has 0 aromatic carbocycles. The van der Waals surface area contributed by atoms with Gasteiger partial charge in [0.2, 0.25) is 0 Å². The van der Waals surface area contributed by atoms with Gasteiger partial charge in [0.05, 0.1) is 0 Å². The van der Waals surface area contributed by atoms with Crippen molar-refractivity contribution in [2.45, 2.75) is 167 Å². The molecule has 182 valence electrons. The average Bonchev–Trinajstić information content (AvgIpc) is 2.76. The zero-order valence-electron chi connectivity index (χ0n) is 21.0. The van der Waals surface area contributed by atoms with Crippen LogP contribution in [-0.4, -0.2) is 13.1 Å². The van der Waals surface area contributed by atoms with Crippen molar-refractivity contribution in [3.8, 4) is 0 Å². The number of rotatable bonds is 27. The van der Waals surface area contributed by atoms with E-state index < -0.39 is 0 Å². The predicted octanol–water partition coefficient (Wildman–Crippen LogP) is 9.05. The molecular formula is C28H60N2. The summed E-state index contributed by atoms with van der Waals surface area (Å²) in [5.41, 5.74) is 11.1. The van der Waals surface area contributed by atoms with Crippen LogP contribution in [0.1, 0.15) is 167 Å². The van der Waals surface area contributed by atoms with E-state index in [9.17, 15) is 0 Å². The highest BCUT2D eigenvalue weighted by Gasteiger charge is 1.96. The van der Waals surface area contributed by atoms with E-state index in [0.29, 0.717) is 0 Å². The number of hydrogen-bond acceptors (Lipinski definition) is 2. The summed E-state index contributed by atoms with van der Waals surface area (Å²) >= 11 is 0. The average molecular weight is 425 g/mol. The summed E-state index contributed by atoms with van der Waals surface area (Å²) < 4.78 is 0. The lowest BCUT2D eigenvalue weighted by atomic mass is 10.0. The summed E-state index contributed by atoms with van der Waals surface area (Å²) in [4.78, 5) is 0. The van der Waals surface area contributed by atoms with E-state index in [-0.39, 0.29) is 0 Å². The molecular weight excluding hydrogens is 364 g/mol. The second-order valence-electron chi connectivity index (χ2n) is 9.77. The van der Waals surface area contributed by atoms with Crippen LogP contribution in [0, 0.1) is 0 Å². The molecule has 0 heterocycles.